The summed E-state index contributed by atoms with van der Waals surface area (Å²) in [6.07, 6.45) is -0.414. The van der Waals surface area contributed by atoms with Gasteiger partial charge in [-0.05, 0) is 0 Å². The van der Waals surface area contributed by atoms with Gasteiger partial charge in [-0.25, -0.2) is 8.78 Å². The van der Waals surface area contributed by atoms with Gasteiger partial charge < -0.3 is 9.64 Å². The van der Waals surface area contributed by atoms with Crippen molar-refractivity contribution in [1.29, 1.82) is 0 Å². The fourth-order valence-corrected chi connectivity index (χ4v) is 1.49. The minimum Gasteiger partial charge on any atom is -0.383 e. The van der Waals surface area contributed by atoms with Crippen molar-refractivity contribution in [2.45, 2.75) is 18.4 Å². The molecule has 0 aromatic carbocycles. The van der Waals surface area contributed by atoms with E-state index in [4.69, 9.17) is 4.74 Å². The number of hydrogen-bond donors (Lipinski definition) is 1. The summed E-state index contributed by atoms with van der Waals surface area (Å²) in [5.41, 5.74) is 0. The second-order valence-corrected chi connectivity index (χ2v) is 3.75. The van der Waals surface area contributed by atoms with Gasteiger partial charge in [-0.3, -0.25) is 10.1 Å². The third-order valence-electron chi connectivity index (χ3n) is 2.41. The van der Waals surface area contributed by atoms with Gasteiger partial charge in [-0.15, -0.1) is 0 Å². The van der Waals surface area contributed by atoms with Crippen LogP contribution in [0.1, 0.15) is 6.42 Å². The molecule has 1 N–H and O–H groups in total. The highest BCUT2D eigenvalue weighted by molar-refractivity contribution is 5.82. The average Bonchev–Trinajstić information content (AvgIpc) is 2.54. The molecular weight excluding hydrogens is 206 g/mol. The van der Waals surface area contributed by atoms with Crippen molar-refractivity contribution in [3.63, 3.8) is 0 Å². The van der Waals surface area contributed by atoms with Crippen LogP contribution in [0.4, 0.5) is 8.78 Å². The van der Waals surface area contributed by atoms with Crippen LogP contribution in [0.3, 0.4) is 0 Å². The Morgan fingerprint density at radius 3 is 2.80 bits per heavy atom. The molecule has 88 valence electrons. The fraction of sp³-hybridized carbons (Fsp3) is 0.889. The lowest BCUT2D eigenvalue weighted by atomic mass is 10.2. The van der Waals surface area contributed by atoms with Crippen molar-refractivity contribution in [2.75, 3.05) is 33.9 Å². The summed E-state index contributed by atoms with van der Waals surface area (Å²) in [6, 6.07) is -0.762. The minimum absolute atomic E-state index is 0.302. The van der Waals surface area contributed by atoms with Gasteiger partial charge >= 0.3 is 0 Å². The number of carbonyl (C=O) groups is 1. The number of rotatable bonds is 4. The van der Waals surface area contributed by atoms with E-state index in [9.17, 15) is 13.6 Å². The van der Waals surface area contributed by atoms with Crippen molar-refractivity contribution in [3.05, 3.63) is 0 Å². The van der Waals surface area contributed by atoms with Crippen molar-refractivity contribution < 1.29 is 18.3 Å². The number of hydrogen-bond acceptors (Lipinski definition) is 3. The molecule has 0 aromatic heterocycles. The zero-order valence-corrected chi connectivity index (χ0v) is 8.93. The lowest BCUT2D eigenvalue weighted by molar-refractivity contribution is -0.132. The number of nitrogens with one attached hydrogen (secondary N) is 1. The molecule has 1 amide bonds. The molecule has 0 saturated carbocycles. The van der Waals surface area contributed by atoms with E-state index in [2.05, 4.69) is 5.32 Å². The van der Waals surface area contributed by atoms with Crippen LogP contribution >= 0.6 is 0 Å². The Bertz CT molecular complexity index is 236. The number of methoxy groups -OCH3 is 1. The smallest absolute Gasteiger partial charge is 0.262 e. The first kappa shape index (κ1) is 12.3. The van der Waals surface area contributed by atoms with E-state index in [1.807, 2.05) is 0 Å². The molecule has 15 heavy (non-hydrogen) atoms. The number of halogens is 2. The maximum atomic E-state index is 12.8. The van der Waals surface area contributed by atoms with Crippen LogP contribution in [0.15, 0.2) is 0 Å². The highest BCUT2D eigenvalue weighted by atomic mass is 19.3. The van der Waals surface area contributed by atoms with Gasteiger partial charge in [0.1, 0.15) is 0 Å². The van der Waals surface area contributed by atoms with Crippen molar-refractivity contribution in [3.8, 4) is 0 Å². The first-order chi connectivity index (χ1) is 6.96. The molecule has 0 spiro atoms. The van der Waals surface area contributed by atoms with Gasteiger partial charge in [0.15, 0.2) is 0 Å². The highest BCUT2D eigenvalue weighted by Crippen LogP contribution is 2.25. The third kappa shape index (κ3) is 3.39. The Balaban J connectivity index is 2.41. The maximum absolute atomic E-state index is 12.8. The monoisotopic (exact) mass is 222 g/mol. The van der Waals surface area contributed by atoms with Crippen LogP contribution in [0.2, 0.25) is 0 Å². The molecule has 1 fully saturated rings. The molecule has 1 saturated heterocycles. The maximum Gasteiger partial charge on any atom is 0.262 e. The zero-order valence-electron chi connectivity index (χ0n) is 8.93. The van der Waals surface area contributed by atoms with Gasteiger partial charge in [0.25, 0.3) is 5.92 Å². The van der Waals surface area contributed by atoms with Crippen LogP contribution in [0, 0.1) is 0 Å². The lowest BCUT2D eigenvalue weighted by Crippen LogP contribution is -2.42. The molecule has 1 heterocycles. The molecule has 1 atom stereocenters. The molecule has 6 heteroatoms. The molecule has 0 bridgehead atoms. The summed E-state index contributed by atoms with van der Waals surface area (Å²) in [6.45, 7) is 0.409. The summed E-state index contributed by atoms with van der Waals surface area (Å²) < 4.78 is 30.4. The molecule has 1 aliphatic rings. The first-order valence-corrected chi connectivity index (χ1v) is 4.81. The zero-order chi connectivity index (χ0) is 11.5. The average molecular weight is 222 g/mol. The molecule has 1 unspecified atom stereocenters. The van der Waals surface area contributed by atoms with E-state index in [-0.39, 0.29) is 5.91 Å². The lowest BCUT2D eigenvalue weighted by Gasteiger charge is -2.20. The van der Waals surface area contributed by atoms with Gasteiger partial charge in [0.05, 0.1) is 19.2 Å². The summed E-state index contributed by atoms with van der Waals surface area (Å²) in [5, 5.41) is 2.52. The largest absolute Gasteiger partial charge is 0.383 e. The fourth-order valence-electron chi connectivity index (χ4n) is 1.49. The summed E-state index contributed by atoms with van der Waals surface area (Å²) in [4.78, 5) is 13.0. The quantitative estimate of drug-likeness (QED) is 0.733. The predicted octanol–water partition coefficient (Wildman–Crippen LogP) is 0.0884. The van der Waals surface area contributed by atoms with Gasteiger partial charge in [-0.1, -0.05) is 0 Å². The summed E-state index contributed by atoms with van der Waals surface area (Å²) >= 11 is 0. The van der Waals surface area contributed by atoms with Crippen LogP contribution in [-0.4, -0.2) is 56.6 Å². The Labute approximate surface area is 87.6 Å². The Morgan fingerprint density at radius 1 is 1.67 bits per heavy atom. The van der Waals surface area contributed by atoms with Crippen molar-refractivity contribution >= 4 is 5.91 Å². The molecule has 0 aromatic rings. The third-order valence-corrected chi connectivity index (χ3v) is 2.41. The normalized spacial score (nSPS) is 24.1. The Kier molecular flexibility index (Phi) is 3.98. The summed E-state index contributed by atoms with van der Waals surface area (Å²) in [7, 11) is 3.11. The van der Waals surface area contributed by atoms with E-state index >= 15 is 0 Å². The van der Waals surface area contributed by atoms with E-state index in [1.54, 1.807) is 7.05 Å². The second-order valence-electron chi connectivity index (χ2n) is 3.75. The van der Waals surface area contributed by atoms with Crippen LogP contribution in [0.5, 0.6) is 0 Å². The topological polar surface area (TPSA) is 41.6 Å². The predicted molar refractivity (Wildman–Crippen MR) is 50.9 cm³/mol. The number of carbonyl (C=O) groups excluding carboxylic acids is 1. The molecule has 0 radical (unpaired) electrons. The number of amides is 1. The minimum atomic E-state index is -2.76. The van der Waals surface area contributed by atoms with E-state index in [0.29, 0.717) is 13.2 Å². The Morgan fingerprint density at radius 2 is 2.33 bits per heavy atom. The number of ether oxygens (including phenoxy) is 1. The number of likely N-dealkylation sites (N-methyl/N-ethyl adjacent to an activating group) is 1. The SMILES string of the molecule is COCCN(C)C(=O)C1CC(F)(F)CN1. The van der Waals surface area contributed by atoms with Crippen molar-refractivity contribution in [2.24, 2.45) is 0 Å². The molecule has 4 nitrogen and oxygen atoms in total. The standard InChI is InChI=1S/C9H16F2N2O2/c1-13(3-4-15-2)8(14)7-5-9(10,11)6-12-7/h7,12H,3-6H2,1-2H3. The second kappa shape index (κ2) is 4.85. The van der Waals surface area contributed by atoms with Crippen LogP contribution < -0.4 is 5.32 Å². The molecule has 0 aliphatic carbocycles. The van der Waals surface area contributed by atoms with Gasteiger partial charge in [0.2, 0.25) is 5.91 Å². The molecule has 1 aliphatic heterocycles. The van der Waals surface area contributed by atoms with Crippen molar-refractivity contribution in [1.82, 2.24) is 10.2 Å². The van der Waals surface area contributed by atoms with Crippen LogP contribution in [-0.2, 0) is 9.53 Å². The highest BCUT2D eigenvalue weighted by Gasteiger charge is 2.42. The summed E-state index contributed by atoms with van der Waals surface area (Å²) in [5.74, 6) is -3.06. The van der Waals surface area contributed by atoms with E-state index < -0.39 is 24.9 Å². The van der Waals surface area contributed by atoms with Gasteiger partial charge in [0, 0.05) is 27.1 Å². The van der Waals surface area contributed by atoms with E-state index in [1.165, 1.54) is 12.0 Å². The number of nitrogens with zero attached hydrogens (tertiary/aromatic N) is 1. The van der Waals surface area contributed by atoms with Gasteiger partial charge in [-0.2, -0.15) is 0 Å². The number of alkyl halides is 2. The first-order valence-electron chi connectivity index (χ1n) is 4.81. The van der Waals surface area contributed by atoms with Crippen LogP contribution in [0.25, 0.3) is 0 Å². The Hall–Kier alpha value is -0.750. The molecule has 1 rings (SSSR count). The van der Waals surface area contributed by atoms with E-state index in [0.717, 1.165) is 0 Å². The molecular formula is C9H16F2N2O2.